The maximum absolute atomic E-state index is 11.8. The summed E-state index contributed by atoms with van der Waals surface area (Å²) in [4.78, 5) is 16.9. The zero-order valence-electron chi connectivity index (χ0n) is 12.3. The highest BCUT2D eigenvalue weighted by atomic mass is 16.7. The smallest absolute Gasteiger partial charge is 0.303 e. The first-order valence-electron chi connectivity index (χ1n) is 7.14. The maximum atomic E-state index is 11.8. The Balaban J connectivity index is 1.49. The molecule has 116 valence electrons. The summed E-state index contributed by atoms with van der Waals surface area (Å²) in [6.45, 7) is 0.303. The van der Waals surface area contributed by atoms with E-state index in [1.54, 1.807) is 17.1 Å². The molecule has 0 unspecified atom stereocenters. The quantitative estimate of drug-likeness (QED) is 0.712. The lowest BCUT2D eigenvalue weighted by Gasteiger charge is -2.06. The first kappa shape index (κ1) is 14.8. The number of carbonyl (C=O) groups is 1. The Morgan fingerprint density at radius 1 is 1.04 bits per heavy atom. The molecule has 0 spiro atoms. The number of para-hydroxylation sites is 1. The Morgan fingerprint density at radius 3 is 2.48 bits per heavy atom. The van der Waals surface area contributed by atoms with E-state index in [1.807, 2.05) is 60.7 Å². The van der Waals surface area contributed by atoms with E-state index in [1.165, 1.54) is 0 Å². The monoisotopic (exact) mass is 308 g/mol. The summed E-state index contributed by atoms with van der Waals surface area (Å²) >= 11 is 0. The van der Waals surface area contributed by atoms with Crippen molar-refractivity contribution in [1.82, 2.24) is 15.3 Å². The standard InChI is InChI=1S/C17H16N4O2/c22-17(20-23-13-14-7-3-1-4-8-14)19-15-11-18-21(12-15)16-9-5-2-6-10-16/h1-12H,13H2,(H2,19,20,22). The van der Waals surface area contributed by atoms with Gasteiger partial charge in [0.25, 0.3) is 0 Å². The average Bonchev–Trinajstić information content (AvgIpc) is 3.05. The molecule has 0 saturated carbocycles. The zero-order valence-corrected chi connectivity index (χ0v) is 12.3. The van der Waals surface area contributed by atoms with Crippen LogP contribution in [0.5, 0.6) is 0 Å². The highest BCUT2D eigenvalue weighted by Gasteiger charge is 2.05. The summed E-state index contributed by atoms with van der Waals surface area (Å²) in [6, 6.07) is 18.8. The number of hydrogen-bond donors (Lipinski definition) is 2. The van der Waals surface area contributed by atoms with Crippen LogP contribution in [-0.4, -0.2) is 15.8 Å². The van der Waals surface area contributed by atoms with E-state index in [-0.39, 0.29) is 0 Å². The van der Waals surface area contributed by atoms with Gasteiger partial charge in [-0.15, -0.1) is 0 Å². The normalized spacial score (nSPS) is 10.3. The molecular weight excluding hydrogens is 292 g/mol. The van der Waals surface area contributed by atoms with E-state index in [2.05, 4.69) is 15.9 Å². The van der Waals surface area contributed by atoms with Crippen molar-refractivity contribution in [2.45, 2.75) is 6.61 Å². The van der Waals surface area contributed by atoms with Gasteiger partial charge in [0.15, 0.2) is 0 Å². The molecule has 0 bridgehead atoms. The van der Waals surface area contributed by atoms with E-state index in [4.69, 9.17) is 4.84 Å². The van der Waals surface area contributed by atoms with Crippen LogP contribution in [0.1, 0.15) is 5.56 Å². The Kier molecular flexibility index (Phi) is 4.66. The number of urea groups is 1. The van der Waals surface area contributed by atoms with Gasteiger partial charge >= 0.3 is 6.03 Å². The van der Waals surface area contributed by atoms with Crippen molar-refractivity contribution in [2.24, 2.45) is 0 Å². The number of benzene rings is 2. The molecule has 6 nitrogen and oxygen atoms in total. The summed E-state index contributed by atoms with van der Waals surface area (Å²) in [5.74, 6) is 0. The summed E-state index contributed by atoms with van der Waals surface area (Å²) < 4.78 is 1.68. The maximum Gasteiger partial charge on any atom is 0.343 e. The number of hydrogen-bond acceptors (Lipinski definition) is 3. The van der Waals surface area contributed by atoms with Gasteiger partial charge in [-0.25, -0.2) is 15.0 Å². The molecule has 1 aromatic heterocycles. The van der Waals surface area contributed by atoms with Gasteiger partial charge in [-0.05, 0) is 17.7 Å². The molecule has 6 heteroatoms. The molecule has 23 heavy (non-hydrogen) atoms. The molecule has 0 fully saturated rings. The fourth-order valence-electron chi connectivity index (χ4n) is 2.03. The van der Waals surface area contributed by atoms with Crippen molar-refractivity contribution in [3.63, 3.8) is 0 Å². The molecule has 0 saturated heterocycles. The highest BCUT2D eigenvalue weighted by Crippen LogP contribution is 2.11. The van der Waals surface area contributed by atoms with E-state index >= 15 is 0 Å². The van der Waals surface area contributed by atoms with Crippen LogP contribution in [0.15, 0.2) is 73.1 Å². The molecule has 1 heterocycles. The molecule has 2 aromatic carbocycles. The Labute approximate surface area is 133 Å². The van der Waals surface area contributed by atoms with Crippen molar-refractivity contribution < 1.29 is 9.63 Å². The van der Waals surface area contributed by atoms with E-state index in [0.717, 1.165) is 11.3 Å². The van der Waals surface area contributed by atoms with Crippen molar-refractivity contribution in [3.05, 3.63) is 78.6 Å². The fraction of sp³-hybridized carbons (Fsp3) is 0.0588. The lowest BCUT2D eigenvalue weighted by Crippen LogP contribution is -2.28. The van der Waals surface area contributed by atoms with Gasteiger partial charge in [-0.1, -0.05) is 48.5 Å². The van der Waals surface area contributed by atoms with Crippen molar-refractivity contribution >= 4 is 11.7 Å². The Hall–Kier alpha value is -3.12. The minimum Gasteiger partial charge on any atom is -0.303 e. The summed E-state index contributed by atoms with van der Waals surface area (Å²) in [5.41, 5.74) is 4.81. The lowest BCUT2D eigenvalue weighted by atomic mass is 10.2. The van der Waals surface area contributed by atoms with Gasteiger partial charge in [0.1, 0.15) is 0 Å². The SMILES string of the molecule is O=C(NOCc1ccccc1)Nc1cnn(-c2ccccc2)c1. The fourth-order valence-corrected chi connectivity index (χ4v) is 2.03. The van der Waals surface area contributed by atoms with Crippen LogP contribution in [0.3, 0.4) is 0 Å². The molecule has 3 aromatic rings. The minimum atomic E-state index is -0.450. The number of carbonyl (C=O) groups excluding carboxylic acids is 1. The first-order chi connectivity index (χ1) is 11.3. The van der Waals surface area contributed by atoms with Crippen LogP contribution in [0, 0.1) is 0 Å². The average molecular weight is 308 g/mol. The predicted molar refractivity (Wildman–Crippen MR) is 86.9 cm³/mol. The van der Waals surface area contributed by atoms with Gasteiger partial charge in [-0.2, -0.15) is 5.10 Å². The van der Waals surface area contributed by atoms with Gasteiger partial charge in [0.2, 0.25) is 0 Å². The van der Waals surface area contributed by atoms with Gasteiger partial charge < -0.3 is 5.32 Å². The molecule has 2 N–H and O–H groups in total. The Bertz CT molecular complexity index is 757. The molecule has 0 aliphatic heterocycles. The predicted octanol–water partition coefficient (Wildman–Crippen LogP) is 3.13. The molecule has 0 atom stereocenters. The van der Waals surface area contributed by atoms with Gasteiger partial charge in [-0.3, -0.25) is 4.84 Å². The first-order valence-corrected chi connectivity index (χ1v) is 7.14. The number of aromatic nitrogens is 2. The van der Waals surface area contributed by atoms with Gasteiger partial charge in [0, 0.05) is 0 Å². The number of nitrogens with zero attached hydrogens (tertiary/aromatic N) is 2. The molecule has 0 aliphatic rings. The number of anilines is 1. The number of nitrogens with one attached hydrogen (secondary N) is 2. The van der Waals surface area contributed by atoms with E-state index < -0.39 is 6.03 Å². The Morgan fingerprint density at radius 2 is 1.74 bits per heavy atom. The third kappa shape index (κ3) is 4.18. The summed E-state index contributed by atoms with van der Waals surface area (Å²) in [7, 11) is 0. The number of rotatable bonds is 5. The lowest BCUT2D eigenvalue weighted by molar-refractivity contribution is 0.0536. The number of amides is 2. The van der Waals surface area contributed by atoms with Crippen LogP contribution >= 0.6 is 0 Å². The van der Waals surface area contributed by atoms with Crippen LogP contribution in [-0.2, 0) is 11.4 Å². The van der Waals surface area contributed by atoms with Crippen molar-refractivity contribution in [3.8, 4) is 5.69 Å². The largest absolute Gasteiger partial charge is 0.343 e. The number of hydroxylamine groups is 1. The summed E-state index contributed by atoms with van der Waals surface area (Å²) in [6.07, 6.45) is 3.30. The van der Waals surface area contributed by atoms with Crippen LogP contribution < -0.4 is 10.8 Å². The molecule has 0 aliphatic carbocycles. The second-order valence-corrected chi connectivity index (χ2v) is 4.84. The van der Waals surface area contributed by atoms with Crippen LogP contribution in [0.2, 0.25) is 0 Å². The molecule has 0 radical (unpaired) electrons. The van der Waals surface area contributed by atoms with Crippen molar-refractivity contribution in [2.75, 3.05) is 5.32 Å². The third-order valence-electron chi connectivity index (χ3n) is 3.11. The van der Waals surface area contributed by atoms with E-state index in [9.17, 15) is 4.79 Å². The van der Waals surface area contributed by atoms with Crippen molar-refractivity contribution in [1.29, 1.82) is 0 Å². The topological polar surface area (TPSA) is 68.2 Å². The zero-order chi connectivity index (χ0) is 15.9. The van der Waals surface area contributed by atoms with E-state index in [0.29, 0.717) is 12.3 Å². The minimum absolute atomic E-state index is 0.303. The second-order valence-electron chi connectivity index (χ2n) is 4.84. The third-order valence-corrected chi connectivity index (χ3v) is 3.11. The molecule has 2 amide bonds. The highest BCUT2D eigenvalue weighted by molar-refractivity contribution is 5.88. The van der Waals surface area contributed by atoms with Gasteiger partial charge in [0.05, 0.1) is 30.4 Å². The molecular formula is C17H16N4O2. The van der Waals surface area contributed by atoms with Crippen LogP contribution in [0.4, 0.5) is 10.5 Å². The second kappa shape index (κ2) is 7.24. The summed E-state index contributed by atoms with van der Waals surface area (Å²) in [5, 5.41) is 6.86. The van der Waals surface area contributed by atoms with Crippen LogP contribution in [0.25, 0.3) is 5.69 Å². The molecule has 3 rings (SSSR count).